The Bertz CT molecular complexity index is 1130. The van der Waals surface area contributed by atoms with Crippen LogP contribution in [0, 0.1) is 6.92 Å². The van der Waals surface area contributed by atoms with Crippen molar-refractivity contribution in [2.24, 2.45) is 7.05 Å². The Morgan fingerprint density at radius 1 is 1.10 bits per heavy atom. The molecular formula is C23H23N3O5. The molecule has 0 saturated carbocycles. The normalized spacial score (nSPS) is 16.3. The van der Waals surface area contributed by atoms with Crippen molar-refractivity contribution < 1.29 is 23.7 Å². The quantitative estimate of drug-likeness (QED) is 0.631. The minimum atomic E-state index is -0.304. The van der Waals surface area contributed by atoms with E-state index < -0.39 is 0 Å². The maximum absolute atomic E-state index is 13.5. The van der Waals surface area contributed by atoms with Crippen LogP contribution in [-0.4, -0.2) is 46.6 Å². The summed E-state index contributed by atoms with van der Waals surface area (Å²) < 4.78 is 24.7. The van der Waals surface area contributed by atoms with Crippen molar-refractivity contribution in [3.8, 4) is 23.0 Å². The van der Waals surface area contributed by atoms with Gasteiger partial charge in [-0.3, -0.25) is 9.48 Å². The Hall–Kier alpha value is -3.68. The van der Waals surface area contributed by atoms with Gasteiger partial charge in [0.05, 0.1) is 12.2 Å². The van der Waals surface area contributed by atoms with Crippen molar-refractivity contribution in [1.29, 1.82) is 0 Å². The third-order valence-electron chi connectivity index (χ3n) is 5.34. The van der Waals surface area contributed by atoms with Gasteiger partial charge in [0.2, 0.25) is 6.79 Å². The van der Waals surface area contributed by atoms with E-state index in [1.165, 1.54) is 0 Å². The number of hydrogen-bond donors (Lipinski definition) is 0. The number of amides is 1. The third kappa shape index (κ3) is 3.76. The van der Waals surface area contributed by atoms with Gasteiger partial charge in [0.25, 0.3) is 5.91 Å². The molecule has 8 nitrogen and oxygen atoms in total. The number of aryl methyl sites for hydroxylation is 2. The van der Waals surface area contributed by atoms with Gasteiger partial charge in [0.1, 0.15) is 12.3 Å². The summed E-state index contributed by atoms with van der Waals surface area (Å²) in [5, 5.41) is 4.32. The number of benzene rings is 2. The fourth-order valence-corrected chi connectivity index (χ4v) is 3.91. The van der Waals surface area contributed by atoms with Gasteiger partial charge in [0.15, 0.2) is 29.1 Å². The number of para-hydroxylation sites is 3. The topological polar surface area (TPSA) is 75.1 Å². The number of hydrogen-bond acceptors (Lipinski definition) is 6. The first-order chi connectivity index (χ1) is 15.1. The van der Waals surface area contributed by atoms with Crippen LogP contribution in [0.2, 0.25) is 0 Å². The number of carbonyl (C=O) groups excluding carboxylic acids is 1. The number of aromatic nitrogens is 2. The molecule has 0 fully saturated rings. The summed E-state index contributed by atoms with van der Waals surface area (Å²) in [6.07, 6.45) is -0.304. The average molecular weight is 421 g/mol. The molecule has 2 aliphatic heterocycles. The summed E-state index contributed by atoms with van der Waals surface area (Å²) in [6, 6.07) is 15.0. The minimum absolute atomic E-state index is 0.137. The van der Waals surface area contributed by atoms with Crippen molar-refractivity contribution in [3.63, 3.8) is 0 Å². The summed E-state index contributed by atoms with van der Waals surface area (Å²) in [7, 11) is 1.77. The lowest BCUT2D eigenvalue weighted by Crippen LogP contribution is -2.43. The van der Waals surface area contributed by atoms with Crippen molar-refractivity contribution in [3.05, 3.63) is 65.5 Å². The highest BCUT2D eigenvalue weighted by atomic mass is 16.7. The standard InChI is InChI=1S/C23H23N3O5/c1-15-10-18(25(2)24-15)23(27)26(11-16-6-5-9-21-22(16)30-14-29-21)12-17-13-28-19-7-3-4-8-20(19)31-17/h3-10,17H,11-14H2,1-2H3/t17-/m1/s1. The monoisotopic (exact) mass is 421 g/mol. The SMILES string of the molecule is Cc1cc(C(=O)N(Cc2cccc3c2OCO3)C[C@@H]2COc3ccccc3O2)n(C)n1. The van der Waals surface area contributed by atoms with Gasteiger partial charge in [-0.1, -0.05) is 24.3 Å². The molecule has 2 aliphatic rings. The molecule has 0 bridgehead atoms. The first-order valence-electron chi connectivity index (χ1n) is 10.1. The van der Waals surface area contributed by atoms with Crippen molar-refractivity contribution in [2.75, 3.05) is 19.9 Å². The fraction of sp³-hybridized carbons (Fsp3) is 0.304. The van der Waals surface area contributed by atoms with E-state index in [-0.39, 0.29) is 18.8 Å². The fourth-order valence-electron chi connectivity index (χ4n) is 3.91. The molecular weight excluding hydrogens is 398 g/mol. The largest absolute Gasteiger partial charge is 0.486 e. The predicted molar refractivity (Wildman–Crippen MR) is 112 cm³/mol. The molecule has 8 heteroatoms. The van der Waals surface area contributed by atoms with E-state index in [1.54, 1.807) is 22.7 Å². The zero-order valence-electron chi connectivity index (χ0n) is 17.4. The van der Waals surface area contributed by atoms with Crippen LogP contribution in [0.3, 0.4) is 0 Å². The van der Waals surface area contributed by atoms with Crippen LogP contribution in [-0.2, 0) is 13.6 Å². The van der Waals surface area contributed by atoms with Crippen LogP contribution in [0.5, 0.6) is 23.0 Å². The minimum Gasteiger partial charge on any atom is -0.486 e. The molecule has 3 aromatic rings. The third-order valence-corrected chi connectivity index (χ3v) is 5.34. The Balaban J connectivity index is 1.43. The number of nitrogens with zero attached hydrogens (tertiary/aromatic N) is 3. The molecule has 0 saturated heterocycles. The van der Waals surface area contributed by atoms with Gasteiger partial charge in [0, 0.05) is 19.2 Å². The summed E-state index contributed by atoms with van der Waals surface area (Å²) in [5.74, 6) is 2.62. The highest BCUT2D eigenvalue weighted by molar-refractivity contribution is 5.92. The first kappa shape index (κ1) is 19.3. The number of ether oxygens (including phenoxy) is 4. The molecule has 0 N–H and O–H groups in total. The lowest BCUT2D eigenvalue weighted by molar-refractivity contribution is 0.0435. The molecule has 0 unspecified atom stereocenters. The van der Waals surface area contributed by atoms with Crippen LogP contribution in [0.25, 0.3) is 0 Å². The molecule has 160 valence electrons. The van der Waals surface area contributed by atoms with Crippen LogP contribution < -0.4 is 18.9 Å². The van der Waals surface area contributed by atoms with Crippen LogP contribution >= 0.6 is 0 Å². The van der Waals surface area contributed by atoms with Gasteiger partial charge in [-0.2, -0.15) is 5.10 Å². The van der Waals surface area contributed by atoms with E-state index in [4.69, 9.17) is 18.9 Å². The predicted octanol–water partition coefficient (Wildman–Crippen LogP) is 2.94. The Morgan fingerprint density at radius 3 is 2.71 bits per heavy atom. The molecule has 1 amide bonds. The van der Waals surface area contributed by atoms with Gasteiger partial charge in [-0.25, -0.2) is 0 Å². The zero-order chi connectivity index (χ0) is 21.4. The van der Waals surface area contributed by atoms with E-state index >= 15 is 0 Å². The van der Waals surface area contributed by atoms with E-state index in [0.717, 1.165) is 11.3 Å². The molecule has 3 heterocycles. The smallest absolute Gasteiger partial charge is 0.272 e. The van der Waals surface area contributed by atoms with Crippen molar-refractivity contribution in [1.82, 2.24) is 14.7 Å². The lowest BCUT2D eigenvalue weighted by atomic mass is 10.1. The molecule has 5 rings (SSSR count). The second-order valence-corrected chi connectivity index (χ2v) is 7.63. The van der Waals surface area contributed by atoms with Crippen LogP contribution in [0.15, 0.2) is 48.5 Å². The average Bonchev–Trinajstić information content (AvgIpc) is 3.39. The molecule has 0 radical (unpaired) electrons. The number of rotatable bonds is 5. The summed E-state index contributed by atoms with van der Waals surface area (Å²) in [6.45, 7) is 3.10. The molecule has 0 aliphatic carbocycles. The van der Waals surface area contributed by atoms with Crippen LogP contribution in [0.1, 0.15) is 21.7 Å². The maximum atomic E-state index is 13.5. The summed E-state index contributed by atoms with van der Waals surface area (Å²) >= 11 is 0. The van der Waals surface area contributed by atoms with Gasteiger partial charge in [-0.15, -0.1) is 0 Å². The van der Waals surface area contributed by atoms with E-state index in [1.807, 2.05) is 49.4 Å². The second kappa shape index (κ2) is 7.86. The zero-order valence-corrected chi connectivity index (χ0v) is 17.4. The Labute approximate surface area is 179 Å². The summed E-state index contributed by atoms with van der Waals surface area (Å²) in [5.41, 5.74) is 2.17. The highest BCUT2D eigenvalue weighted by Crippen LogP contribution is 2.36. The second-order valence-electron chi connectivity index (χ2n) is 7.63. The molecule has 1 atom stereocenters. The van der Waals surface area contributed by atoms with Crippen molar-refractivity contribution >= 4 is 5.91 Å². The Morgan fingerprint density at radius 2 is 1.90 bits per heavy atom. The summed E-state index contributed by atoms with van der Waals surface area (Å²) in [4.78, 5) is 15.2. The van der Waals surface area contributed by atoms with Crippen LogP contribution in [0.4, 0.5) is 0 Å². The van der Waals surface area contributed by atoms with Gasteiger partial charge >= 0.3 is 0 Å². The molecule has 1 aromatic heterocycles. The van der Waals surface area contributed by atoms with E-state index in [9.17, 15) is 4.79 Å². The maximum Gasteiger partial charge on any atom is 0.272 e. The first-order valence-corrected chi connectivity index (χ1v) is 10.1. The lowest BCUT2D eigenvalue weighted by Gasteiger charge is -2.31. The Kier molecular flexibility index (Phi) is 4.89. The molecule has 2 aromatic carbocycles. The van der Waals surface area contributed by atoms with Gasteiger partial charge in [-0.05, 0) is 31.2 Å². The number of fused-ring (bicyclic) bond motifs is 2. The number of carbonyl (C=O) groups is 1. The van der Waals surface area contributed by atoms with E-state index in [2.05, 4.69) is 5.10 Å². The highest BCUT2D eigenvalue weighted by Gasteiger charge is 2.29. The molecule has 31 heavy (non-hydrogen) atoms. The van der Waals surface area contributed by atoms with E-state index in [0.29, 0.717) is 48.4 Å². The van der Waals surface area contributed by atoms with Crippen molar-refractivity contribution in [2.45, 2.75) is 19.6 Å². The van der Waals surface area contributed by atoms with Gasteiger partial charge < -0.3 is 23.8 Å². The molecule has 0 spiro atoms.